The predicted octanol–water partition coefficient (Wildman–Crippen LogP) is 4.78. The van der Waals surface area contributed by atoms with Crippen LogP contribution < -0.4 is 10.6 Å². The van der Waals surface area contributed by atoms with Crippen molar-refractivity contribution in [1.29, 1.82) is 0 Å². The van der Waals surface area contributed by atoms with Crippen LogP contribution in [0.2, 0.25) is 0 Å². The summed E-state index contributed by atoms with van der Waals surface area (Å²) < 4.78 is 0. The highest BCUT2D eigenvalue weighted by molar-refractivity contribution is 7.18. The molecule has 1 aliphatic rings. The van der Waals surface area contributed by atoms with E-state index in [1.54, 1.807) is 0 Å². The van der Waals surface area contributed by atoms with E-state index in [0.29, 0.717) is 10.8 Å². The molecule has 3 rings (SSSR count). The standard InChI is InChI=1S/C19H22N2O2S/c1-11(2)13-6-8-15(9-7-13)20-19(23)17-12(3)10-16(24-17)21-18(22)14-4-5-14/h6-11,14H,4-5H2,1-3H3,(H,20,23)(H,21,22). The smallest absolute Gasteiger partial charge is 0.266 e. The molecule has 1 heterocycles. The van der Waals surface area contributed by atoms with E-state index in [1.807, 2.05) is 37.3 Å². The van der Waals surface area contributed by atoms with Crippen LogP contribution in [0.1, 0.15) is 53.4 Å². The van der Waals surface area contributed by atoms with Crippen LogP contribution in [0.5, 0.6) is 0 Å². The van der Waals surface area contributed by atoms with Gasteiger partial charge in [0.1, 0.15) is 0 Å². The van der Waals surface area contributed by atoms with E-state index in [0.717, 1.165) is 29.1 Å². The zero-order chi connectivity index (χ0) is 17.3. The third-order valence-electron chi connectivity index (χ3n) is 4.15. The Kier molecular flexibility index (Phi) is 4.71. The molecule has 126 valence electrons. The van der Waals surface area contributed by atoms with Crippen molar-refractivity contribution in [2.75, 3.05) is 10.6 Å². The highest BCUT2D eigenvalue weighted by Gasteiger charge is 2.30. The normalized spacial score (nSPS) is 13.8. The summed E-state index contributed by atoms with van der Waals surface area (Å²) in [6.07, 6.45) is 1.94. The molecule has 0 unspecified atom stereocenters. The molecular weight excluding hydrogens is 320 g/mol. The van der Waals surface area contributed by atoms with E-state index in [4.69, 9.17) is 0 Å². The molecule has 2 aromatic rings. The maximum Gasteiger partial charge on any atom is 0.266 e. The number of carbonyl (C=O) groups excluding carboxylic acids is 2. The van der Waals surface area contributed by atoms with Gasteiger partial charge in [-0.25, -0.2) is 0 Å². The number of carbonyl (C=O) groups is 2. The van der Waals surface area contributed by atoms with E-state index in [2.05, 4.69) is 24.5 Å². The number of rotatable bonds is 5. The van der Waals surface area contributed by atoms with Crippen LogP contribution in [-0.4, -0.2) is 11.8 Å². The Balaban J connectivity index is 1.67. The summed E-state index contributed by atoms with van der Waals surface area (Å²) in [6, 6.07) is 9.77. The van der Waals surface area contributed by atoms with Gasteiger partial charge in [-0.05, 0) is 55.0 Å². The van der Waals surface area contributed by atoms with Gasteiger partial charge in [0.2, 0.25) is 5.91 Å². The number of hydrogen-bond acceptors (Lipinski definition) is 3. The van der Waals surface area contributed by atoms with E-state index < -0.39 is 0 Å². The molecular formula is C19H22N2O2S. The van der Waals surface area contributed by atoms with Crippen LogP contribution >= 0.6 is 11.3 Å². The van der Waals surface area contributed by atoms with Gasteiger partial charge >= 0.3 is 0 Å². The van der Waals surface area contributed by atoms with Gasteiger partial charge in [-0.1, -0.05) is 26.0 Å². The second-order valence-corrected chi connectivity index (χ2v) is 7.67. The summed E-state index contributed by atoms with van der Waals surface area (Å²) >= 11 is 1.32. The van der Waals surface area contributed by atoms with Gasteiger partial charge < -0.3 is 10.6 Å². The molecule has 1 aromatic heterocycles. The molecule has 0 radical (unpaired) electrons. The molecule has 0 atom stereocenters. The van der Waals surface area contributed by atoms with Crippen LogP contribution in [0.3, 0.4) is 0 Å². The maximum absolute atomic E-state index is 12.5. The Morgan fingerprint density at radius 3 is 2.38 bits per heavy atom. The Bertz CT molecular complexity index is 758. The van der Waals surface area contributed by atoms with Crippen molar-refractivity contribution in [3.05, 3.63) is 46.3 Å². The van der Waals surface area contributed by atoms with Crippen LogP contribution in [0.25, 0.3) is 0 Å². The summed E-state index contributed by atoms with van der Waals surface area (Å²) in [6.45, 7) is 6.17. The first-order valence-electron chi connectivity index (χ1n) is 8.26. The quantitative estimate of drug-likeness (QED) is 0.821. The predicted molar refractivity (Wildman–Crippen MR) is 98.9 cm³/mol. The van der Waals surface area contributed by atoms with Gasteiger partial charge in [0.25, 0.3) is 5.91 Å². The van der Waals surface area contributed by atoms with Crippen molar-refractivity contribution < 1.29 is 9.59 Å². The Morgan fingerprint density at radius 2 is 1.79 bits per heavy atom. The first-order valence-corrected chi connectivity index (χ1v) is 9.08. The number of benzene rings is 1. The topological polar surface area (TPSA) is 58.2 Å². The molecule has 0 bridgehead atoms. The van der Waals surface area contributed by atoms with Crippen LogP contribution in [0.15, 0.2) is 30.3 Å². The molecule has 4 nitrogen and oxygen atoms in total. The minimum absolute atomic E-state index is 0.0625. The van der Waals surface area contributed by atoms with Gasteiger partial charge in [-0.15, -0.1) is 11.3 Å². The second-order valence-electron chi connectivity index (χ2n) is 6.62. The minimum Gasteiger partial charge on any atom is -0.321 e. The number of aryl methyl sites for hydroxylation is 1. The maximum atomic E-state index is 12.5. The monoisotopic (exact) mass is 342 g/mol. The second kappa shape index (κ2) is 6.77. The average Bonchev–Trinajstić information content (AvgIpc) is 3.32. The van der Waals surface area contributed by atoms with Gasteiger partial charge in [-0.3, -0.25) is 9.59 Å². The lowest BCUT2D eigenvalue weighted by Gasteiger charge is -2.08. The highest BCUT2D eigenvalue weighted by atomic mass is 32.1. The molecule has 2 amide bonds. The van der Waals surface area contributed by atoms with Crippen molar-refractivity contribution in [1.82, 2.24) is 0 Å². The Hall–Kier alpha value is -2.14. The average molecular weight is 342 g/mol. The van der Waals surface area contributed by atoms with E-state index >= 15 is 0 Å². The number of anilines is 2. The number of amides is 2. The molecule has 2 N–H and O–H groups in total. The first-order chi connectivity index (χ1) is 11.4. The lowest BCUT2D eigenvalue weighted by Crippen LogP contribution is -2.12. The third kappa shape index (κ3) is 3.85. The molecule has 0 saturated heterocycles. The lowest BCUT2D eigenvalue weighted by atomic mass is 10.0. The summed E-state index contributed by atoms with van der Waals surface area (Å²) in [5, 5.41) is 6.57. The fourth-order valence-electron chi connectivity index (χ4n) is 2.48. The minimum atomic E-state index is -0.137. The van der Waals surface area contributed by atoms with E-state index in [9.17, 15) is 9.59 Å². The highest BCUT2D eigenvalue weighted by Crippen LogP contribution is 2.33. The van der Waals surface area contributed by atoms with Crippen LogP contribution in [0, 0.1) is 12.8 Å². The van der Waals surface area contributed by atoms with Crippen LogP contribution in [0.4, 0.5) is 10.7 Å². The van der Waals surface area contributed by atoms with Gasteiger partial charge in [0.05, 0.1) is 9.88 Å². The van der Waals surface area contributed by atoms with Crippen molar-refractivity contribution in [2.24, 2.45) is 5.92 Å². The largest absolute Gasteiger partial charge is 0.321 e. The lowest BCUT2D eigenvalue weighted by molar-refractivity contribution is -0.117. The summed E-state index contributed by atoms with van der Waals surface area (Å²) in [7, 11) is 0. The van der Waals surface area contributed by atoms with Gasteiger partial charge in [-0.2, -0.15) is 0 Å². The molecule has 1 aromatic carbocycles. The van der Waals surface area contributed by atoms with E-state index in [-0.39, 0.29) is 17.7 Å². The molecule has 1 aliphatic carbocycles. The Morgan fingerprint density at radius 1 is 1.12 bits per heavy atom. The van der Waals surface area contributed by atoms with Crippen molar-refractivity contribution in [2.45, 2.75) is 39.5 Å². The fourth-order valence-corrected chi connectivity index (χ4v) is 3.45. The number of hydrogen-bond donors (Lipinski definition) is 2. The third-order valence-corrected chi connectivity index (χ3v) is 5.31. The molecule has 24 heavy (non-hydrogen) atoms. The van der Waals surface area contributed by atoms with Gasteiger partial charge in [0, 0.05) is 11.6 Å². The van der Waals surface area contributed by atoms with E-state index in [1.165, 1.54) is 16.9 Å². The molecule has 1 fully saturated rings. The Labute approximate surface area is 146 Å². The first kappa shape index (κ1) is 16.7. The fraction of sp³-hybridized carbons (Fsp3) is 0.368. The molecule has 5 heteroatoms. The van der Waals surface area contributed by atoms with Crippen molar-refractivity contribution in [3.63, 3.8) is 0 Å². The molecule has 0 spiro atoms. The summed E-state index contributed by atoms with van der Waals surface area (Å²) in [4.78, 5) is 25.0. The number of nitrogens with one attached hydrogen (secondary N) is 2. The summed E-state index contributed by atoms with van der Waals surface area (Å²) in [5.41, 5.74) is 2.90. The number of thiophene rings is 1. The van der Waals surface area contributed by atoms with Gasteiger partial charge in [0.15, 0.2) is 0 Å². The summed E-state index contributed by atoms with van der Waals surface area (Å²) in [5.74, 6) is 0.547. The molecule has 1 saturated carbocycles. The molecule has 0 aliphatic heterocycles. The van der Waals surface area contributed by atoms with Crippen molar-refractivity contribution in [3.8, 4) is 0 Å². The zero-order valence-corrected chi connectivity index (χ0v) is 15.0. The zero-order valence-electron chi connectivity index (χ0n) is 14.2. The SMILES string of the molecule is Cc1cc(NC(=O)C2CC2)sc1C(=O)Nc1ccc(C(C)C)cc1. The van der Waals surface area contributed by atoms with Crippen LogP contribution in [-0.2, 0) is 4.79 Å². The van der Waals surface area contributed by atoms with Crippen molar-refractivity contribution >= 4 is 33.8 Å².